The van der Waals surface area contributed by atoms with Gasteiger partial charge in [-0.25, -0.2) is 9.98 Å². The monoisotopic (exact) mass is 245 g/mol. The van der Waals surface area contributed by atoms with Gasteiger partial charge in [-0.1, -0.05) is 23.5 Å². The van der Waals surface area contributed by atoms with Gasteiger partial charge in [-0.3, -0.25) is 0 Å². The lowest BCUT2D eigenvalue weighted by atomic mass is 10.1. The number of aromatic nitrogens is 1. The first-order valence-corrected chi connectivity index (χ1v) is 6.79. The molecule has 0 bridgehead atoms. The van der Waals surface area contributed by atoms with Crippen LogP contribution in [0.2, 0.25) is 0 Å². The van der Waals surface area contributed by atoms with Gasteiger partial charge < -0.3 is 4.90 Å². The highest BCUT2D eigenvalue weighted by atomic mass is 32.1. The molecule has 0 atom stereocenters. The molecule has 3 nitrogen and oxygen atoms in total. The van der Waals surface area contributed by atoms with E-state index >= 15 is 0 Å². The van der Waals surface area contributed by atoms with Crippen LogP contribution in [0, 0.1) is 0 Å². The number of likely N-dealkylation sites (tertiary alicyclic amines) is 1. The second-order valence-electron chi connectivity index (χ2n) is 4.37. The number of benzene rings is 1. The first kappa shape index (κ1) is 10.7. The predicted molar refractivity (Wildman–Crippen MR) is 73.2 cm³/mol. The smallest absolute Gasteiger partial charge is 0.211 e. The van der Waals surface area contributed by atoms with Gasteiger partial charge >= 0.3 is 0 Å². The maximum atomic E-state index is 4.69. The van der Waals surface area contributed by atoms with Crippen molar-refractivity contribution < 1.29 is 0 Å². The van der Waals surface area contributed by atoms with E-state index in [1.54, 1.807) is 11.3 Å². The van der Waals surface area contributed by atoms with Crippen molar-refractivity contribution in [1.82, 2.24) is 9.88 Å². The fourth-order valence-electron chi connectivity index (χ4n) is 2.11. The van der Waals surface area contributed by atoms with E-state index in [4.69, 9.17) is 0 Å². The molecular formula is C13H15N3S. The largest absolute Gasteiger partial charge is 0.363 e. The second-order valence-corrected chi connectivity index (χ2v) is 5.38. The number of thiazole rings is 1. The summed E-state index contributed by atoms with van der Waals surface area (Å²) in [5.74, 6) is 1.18. The van der Waals surface area contributed by atoms with E-state index in [0.29, 0.717) is 0 Å². The van der Waals surface area contributed by atoms with Gasteiger partial charge in [0.15, 0.2) is 0 Å². The molecule has 2 heterocycles. The lowest BCUT2D eigenvalue weighted by Gasteiger charge is -2.25. The third-order valence-electron chi connectivity index (χ3n) is 3.09. The summed E-state index contributed by atoms with van der Waals surface area (Å²) in [7, 11) is 2.12. The number of amidine groups is 1. The van der Waals surface area contributed by atoms with Crippen LogP contribution in [0.25, 0.3) is 10.2 Å². The molecule has 0 spiro atoms. The van der Waals surface area contributed by atoms with E-state index in [-0.39, 0.29) is 0 Å². The molecule has 0 N–H and O–H groups in total. The van der Waals surface area contributed by atoms with Gasteiger partial charge in [-0.05, 0) is 25.0 Å². The summed E-state index contributed by atoms with van der Waals surface area (Å²) in [5.41, 5.74) is 1.05. The standard InChI is InChI=1S/C13H15N3S/c1-16-9-5-4-8-12(16)15-13-14-10-6-2-3-7-11(10)17-13/h2-3,6-7H,4-5,8-9H2,1H3/b15-12-. The van der Waals surface area contributed by atoms with Gasteiger partial charge in [0.1, 0.15) is 5.84 Å². The molecule has 0 saturated carbocycles. The van der Waals surface area contributed by atoms with Crippen LogP contribution >= 0.6 is 11.3 Å². The highest BCUT2D eigenvalue weighted by molar-refractivity contribution is 7.22. The molecule has 0 aliphatic carbocycles. The Morgan fingerprint density at radius 2 is 2.18 bits per heavy atom. The molecule has 1 aliphatic rings. The van der Waals surface area contributed by atoms with Gasteiger partial charge in [0.2, 0.25) is 5.13 Å². The van der Waals surface area contributed by atoms with Gasteiger partial charge in [0, 0.05) is 20.0 Å². The average Bonchev–Trinajstić information content (AvgIpc) is 2.74. The Balaban J connectivity index is 1.95. The summed E-state index contributed by atoms with van der Waals surface area (Å²) in [6.45, 7) is 1.11. The number of piperidine rings is 1. The van der Waals surface area contributed by atoms with Crippen LogP contribution in [0.15, 0.2) is 29.3 Å². The molecule has 1 saturated heterocycles. The van der Waals surface area contributed by atoms with Gasteiger partial charge in [0.05, 0.1) is 10.2 Å². The van der Waals surface area contributed by atoms with Crippen molar-refractivity contribution in [2.75, 3.05) is 13.6 Å². The first-order chi connectivity index (χ1) is 8.33. The Morgan fingerprint density at radius 3 is 3.00 bits per heavy atom. The highest BCUT2D eigenvalue weighted by Crippen LogP contribution is 2.28. The van der Waals surface area contributed by atoms with Crippen molar-refractivity contribution in [3.05, 3.63) is 24.3 Å². The summed E-state index contributed by atoms with van der Waals surface area (Å²) in [6, 6.07) is 8.21. The molecule has 1 fully saturated rings. The highest BCUT2D eigenvalue weighted by Gasteiger charge is 2.13. The lowest BCUT2D eigenvalue weighted by Crippen LogP contribution is -2.31. The third-order valence-corrected chi connectivity index (χ3v) is 4.02. The molecule has 0 unspecified atom stereocenters. The number of fused-ring (bicyclic) bond motifs is 1. The van der Waals surface area contributed by atoms with E-state index in [1.807, 2.05) is 18.2 Å². The molecule has 0 radical (unpaired) electrons. The zero-order valence-corrected chi connectivity index (χ0v) is 10.7. The fraction of sp³-hybridized carbons (Fsp3) is 0.385. The number of nitrogens with zero attached hydrogens (tertiary/aromatic N) is 3. The zero-order valence-electron chi connectivity index (χ0n) is 9.89. The van der Waals surface area contributed by atoms with Crippen LogP contribution in [-0.4, -0.2) is 29.3 Å². The number of aliphatic imine (C=N–C) groups is 1. The quantitative estimate of drug-likeness (QED) is 0.770. The Bertz CT molecular complexity index is 526. The number of para-hydroxylation sites is 1. The normalized spacial score (nSPS) is 19.1. The van der Waals surface area contributed by atoms with E-state index in [0.717, 1.165) is 23.6 Å². The molecule has 4 heteroatoms. The van der Waals surface area contributed by atoms with Crippen LogP contribution in [0.5, 0.6) is 0 Å². The predicted octanol–water partition coefficient (Wildman–Crippen LogP) is 3.44. The maximum Gasteiger partial charge on any atom is 0.211 e. The van der Waals surface area contributed by atoms with E-state index in [9.17, 15) is 0 Å². The average molecular weight is 245 g/mol. The first-order valence-electron chi connectivity index (χ1n) is 5.97. The van der Waals surface area contributed by atoms with E-state index in [2.05, 4.69) is 28.0 Å². The van der Waals surface area contributed by atoms with Crippen LogP contribution in [0.1, 0.15) is 19.3 Å². The number of hydrogen-bond acceptors (Lipinski definition) is 3. The van der Waals surface area contributed by atoms with Gasteiger partial charge in [-0.2, -0.15) is 0 Å². The van der Waals surface area contributed by atoms with Crippen molar-refractivity contribution in [2.45, 2.75) is 19.3 Å². The van der Waals surface area contributed by atoms with E-state index in [1.165, 1.54) is 23.4 Å². The molecular weight excluding hydrogens is 230 g/mol. The summed E-state index contributed by atoms with van der Waals surface area (Å²) < 4.78 is 1.21. The van der Waals surface area contributed by atoms with Crippen LogP contribution in [-0.2, 0) is 0 Å². The molecule has 1 aliphatic heterocycles. The van der Waals surface area contributed by atoms with Crippen LogP contribution < -0.4 is 0 Å². The minimum absolute atomic E-state index is 0.884. The Kier molecular flexibility index (Phi) is 2.81. The van der Waals surface area contributed by atoms with Gasteiger partial charge in [0.25, 0.3) is 0 Å². The van der Waals surface area contributed by atoms with Crippen LogP contribution in [0.3, 0.4) is 0 Å². The Labute approximate surface area is 105 Å². The fourth-order valence-corrected chi connectivity index (χ4v) is 2.97. The van der Waals surface area contributed by atoms with E-state index < -0.39 is 0 Å². The SMILES string of the molecule is CN1CCCC/C1=N/c1nc2ccccc2s1. The minimum Gasteiger partial charge on any atom is -0.363 e. The molecule has 1 aromatic carbocycles. The topological polar surface area (TPSA) is 28.5 Å². The van der Waals surface area contributed by atoms with Crippen molar-refractivity contribution in [3.8, 4) is 0 Å². The summed E-state index contributed by atoms with van der Waals surface area (Å²) >= 11 is 1.67. The molecule has 1 aromatic heterocycles. The minimum atomic E-state index is 0.884. The zero-order chi connectivity index (χ0) is 11.7. The van der Waals surface area contributed by atoms with Crippen LogP contribution in [0.4, 0.5) is 5.13 Å². The van der Waals surface area contributed by atoms with Crippen molar-refractivity contribution in [2.24, 2.45) is 4.99 Å². The lowest BCUT2D eigenvalue weighted by molar-refractivity contribution is 0.434. The molecule has 88 valence electrons. The summed E-state index contributed by atoms with van der Waals surface area (Å²) in [6.07, 6.45) is 3.59. The number of hydrogen-bond donors (Lipinski definition) is 0. The molecule has 3 rings (SSSR count). The summed E-state index contributed by atoms with van der Waals surface area (Å²) in [5, 5.41) is 0.884. The molecule has 17 heavy (non-hydrogen) atoms. The second kappa shape index (κ2) is 4.45. The van der Waals surface area contributed by atoms with Crippen molar-refractivity contribution >= 4 is 32.5 Å². The van der Waals surface area contributed by atoms with Crippen molar-refractivity contribution in [3.63, 3.8) is 0 Å². The Morgan fingerprint density at radius 1 is 1.29 bits per heavy atom. The van der Waals surface area contributed by atoms with Gasteiger partial charge in [-0.15, -0.1) is 0 Å². The van der Waals surface area contributed by atoms with Crippen molar-refractivity contribution in [1.29, 1.82) is 0 Å². The maximum absolute atomic E-state index is 4.69. The number of rotatable bonds is 1. The molecule has 0 amide bonds. The Hall–Kier alpha value is -1.42. The summed E-state index contributed by atoms with van der Waals surface area (Å²) in [4.78, 5) is 11.5. The molecule has 2 aromatic rings. The third kappa shape index (κ3) is 2.17.